The fourth-order valence-corrected chi connectivity index (χ4v) is 0.311. The Bertz CT molecular complexity index is 48.1. The minimum absolute atomic E-state index is 0.469. The van der Waals surface area contributed by atoms with E-state index in [1.165, 1.54) is 14.1 Å². The summed E-state index contributed by atoms with van der Waals surface area (Å²) < 4.78 is 0. The summed E-state index contributed by atoms with van der Waals surface area (Å²) in [4.78, 5) is 3.95. The smallest absolute Gasteiger partial charge is 0.104 e. The Hall–Kier alpha value is -0.120. The van der Waals surface area contributed by atoms with Crippen molar-refractivity contribution in [3.63, 3.8) is 0 Å². The first kappa shape index (κ1) is 6.88. The Kier molecular flexibility index (Phi) is 2.22. The second kappa shape index (κ2) is 2.26. The summed E-state index contributed by atoms with van der Waals surface area (Å²) >= 11 is 0. The molecular formula is C4H11NO2. The Balaban J connectivity index is 3.15. The quantitative estimate of drug-likeness (QED) is 0.378. The summed E-state index contributed by atoms with van der Waals surface area (Å²) in [6.45, 7) is 2.26. The summed E-state index contributed by atoms with van der Waals surface area (Å²) in [7, 11) is 2.87. The summed E-state index contributed by atoms with van der Waals surface area (Å²) in [5.41, 5.74) is 0. The van der Waals surface area contributed by atoms with Crippen LogP contribution in [0, 0.1) is 5.21 Å². The maximum Gasteiger partial charge on any atom is 0.104 e. The molecule has 0 heterocycles. The van der Waals surface area contributed by atoms with Crippen molar-refractivity contribution < 1.29 is 9.65 Å². The first-order valence-electron chi connectivity index (χ1n) is 2.26. The van der Waals surface area contributed by atoms with Crippen LogP contribution in [-0.2, 0) is 4.84 Å². The van der Waals surface area contributed by atoms with Gasteiger partial charge in [0, 0.05) is 0 Å². The van der Waals surface area contributed by atoms with Crippen LogP contribution in [0.2, 0.25) is 0 Å². The molecule has 0 bridgehead atoms. The third-order valence-electron chi connectivity index (χ3n) is 0.440. The van der Waals surface area contributed by atoms with E-state index in [2.05, 4.69) is 4.84 Å². The topological polar surface area (TPSA) is 32.3 Å². The summed E-state index contributed by atoms with van der Waals surface area (Å²) in [5.74, 6) is 0. The van der Waals surface area contributed by atoms with Crippen LogP contribution < -0.4 is 0 Å². The van der Waals surface area contributed by atoms with Gasteiger partial charge in [-0.25, -0.2) is 9.65 Å². The highest BCUT2D eigenvalue weighted by atomic mass is 16.9. The molecule has 0 fully saturated rings. The lowest BCUT2D eigenvalue weighted by Crippen LogP contribution is -2.31. The number of quaternary nitrogens is 1. The molecular weight excluding hydrogens is 94.0 g/mol. The molecule has 0 amide bonds. The van der Waals surface area contributed by atoms with Crippen molar-refractivity contribution >= 4 is 0 Å². The molecule has 0 saturated carbocycles. The predicted molar refractivity (Wildman–Crippen MR) is 27.1 cm³/mol. The zero-order chi connectivity index (χ0) is 5.91. The van der Waals surface area contributed by atoms with E-state index >= 15 is 0 Å². The van der Waals surface area contributed by atoms with E-state index < -0.39 is 4.81 Å². The molecule has 0 aromatic heterocycles. The lowest BCUT2D eigenvalue weighted by Gasteiger charge is -2.28. The maximum absolute atomic E-state index is 10.4. The maximum atomic E-state index is 10.4. The molecule has 0 atom stereocenters. The van der Waals surface area contributed by atoms with E-state index in [-0.39, 0.29) is 0 Å². The number of hydrogen-bond donors (Lipinski definition) is 0. The van der Waals surface area contributed by atoms with E-state index in [1.54, 1.807) is 6.92 Å². The van der Waals surface area contributed by atoms with E-state index in [0.717, 1.165) is 0 Å². The minimum atomic E-state index is -0.656. The van der Waals surface area contributed by atoms with Gasteiger partial charge in [0.05, 0.1) is 14.1 Å². The molecule has 3 heteroatoms. The van der Waals surface area contributed by atoms with Crippen LogP contribution in [0.1, 0.15) is 6.92 Å². The Morgan fingerprint density at radius 1 is 1.57 bits per heavy atom. The van der Waals surface area contributed by atoms with E-state index in [4.69, 9.17) is 0 Å². The van der Waals surface area contributed by atoms with Gasteiger partial charge in [0.25, 0.3) is 0 Å². The van der Waals surface area contributed by atoms with Crippen LogP contribution in [0.25, 0.3) is 0 Å². The number of nitrogens with zero attached hydrogens (tertiary/aromatic N) is 1. The molecule has 0 aromatic carbocycles. The van der Waals surface area contributed by atoms with Crippen molar-refractivity contribution in [3.8, 4) is 0 Å². The molecule has 0 N–H and O–H groups in total. The van der Waals surface area contributed by atoms with Gasteiger partial charge in [0.15, 0.2) is 0 Å². The molecule has 0 rings (SSSR count). The average Bonchev–Trinajstić information content (AvgIpc) is 1.30. The van der Waals surface area contributed by atoms with Crippen LogP contribution in [0.15, 0.2) is 0 Å². The second-order valence-corrected chi connectivity index (χ2v) is 1.67. The van der Waals surface area contributed by atoms with Crippen molar-refractivity contribution in [2.45, 2.75) is 6.92 Å². The first-order valence-corrected chi connectivity index (χ1v) is 2.26. The third-order valence-corrected chi connectivity index (χ3v) is 0.440. The molecule has 44 valence electrons. The normalized spacial score (nSPS) is 12.0. The SMILES string of the molecule is CCO[N+](C)(C)[O-]. The molecule has 0 aliphatic rings. The molecule has 0 unspecified atom stereocenters. The Morgan fingerprint density at radius 3 is 2.00 bits per heavy atom. The van der Waals surface area contributed by atoms with Gasteiger partial charge in [-0.1, -0.05) is 0 Å². The number of rotatable bonds is 2. The van der Waals surface area contributed by atoms with Crippen LogP contribution in [0.5, 0.6) is 0 Å². The third kappa shape index (κ3) is 5.88. The van der Waals surface area contributed by atoms with E-state index in [0.29, 0.717) is 6.61 Å². The number of hydrogen-bond acceptors (Lipinski definition) is 2. The van der Waals surface area contributed by atoms with Crippen molar-refractivity contribution in [3.05, 3.63) is 5.21 Å². The van der Waals surface area contributed by atoms with Crippen molar-refractivity contribution in [1.82, 2.24) is 0 Å². The van der Waals surface area contributed by atoms with Crippen LogP contribution in [0.3, 0.4) is 0 Å². The number of hydroxylamine groups is 4. The molecule has 0 saturated heterocycles. The van der Waals surface area contributed by atoms with Gasteiger partial charge in [0.2, 0.25) is 0 Å². The molecule has 0 spiro atoms. The van der Waals surface area contributed by atoms with Gasteiger partial charge < -0.3 is 5.21 Å². The van der Waals surface area contributed by atoms with Gasteiger partial charge in [-0.2, -0.15) is 0 Å². The molecule has 3 nitrogen and oxygen atoms in total. The Labute approximate surface area is 43.6 Å². The molecule has 0 aliphatic heterocycles. The van der Waals surface area contributed by atoms with Crippen molar-refractivity contribution in [2.75, 3.05) is 20.7 Å². The standard InChI is InChI=1S/C4H11NO2/c1-4-7-5(2,3)6/h4H2,1-3H3. The molecule has 7 heavy (non-hydrogen) atoms. The van der Waals surface area contributed by atoms with Gasteiger partial charge in [-0.05, 0) is 6.92 Å². The molecule has 0 radical (unpaired) electrons. The van der Waals surface area contributed by atoms with Crippen LogP contribution in [0.4, 0.5) is 0 Å². The van der Waals surface area contributed by atoms with Gasteiger partial charge in [-0.3, -0.25) is 0 Å². The summed E-state index contributed by atoms with van der Waals surface area (Å²) in [5, 5.41) is 10.4. The van der Waals surface area contributed by atoms with Gasteiger partial charge in [-0.15, -0.1) is 0 Å². The molecule has 0 aromatic rings. The second-order valence-electron chi connectivity index (χ2n) is 1.67. The molecule has 0 aliphatic carbocycles. The highest BCUT2D eigenvalue weighted by Gasteiger charge is 1.96. The fourth-order valence-electron chi connectivity index (χ4n) is 0.311. The highest BCUT2D eigenvalue weighted by Crippen LogP contribution is 1.91. The van der Waals surface area contributed by atoms with Crippen LogP contribution in [-0.4, -0.2) is 25.5 Å². The van der Waals surface area contributed by atoms with Crippen molar-refractivity contribution in [1.29, 1.82) is 0 Å². The summed E-state index contributed by atoms with van der Waals surface area (Å²) in [6, 6.07) is 0. The fraction of sp³-hybridized carbons (Fsp3) is 1.00. The largest absolute Gasteiger partial charge is 0.599 e. The minimum Gasteiger partial charge on any atom is -0.599 e. The zero-order valence-corrected chi connectivity index (χ0v) is 4.97. The average molecular weight is 105 g/mol. The lowest BCUT2D eigenvalue weighted by molar-refractivity contribution is -1.04. The van der Waals surface area contributed by atoms with E-state index in [1.807, 2.05) is 0 Å². The van der Waals surface area contributed by atoms with Gasteiger partial charge in [0.1, 0.15) is 6.61 Å². The Morgan fingerprint density at radius 2 is 2.00 bits per heavy atom. The monoisotopic (exact) mass is 105 g/mol. The van der Waals surface area contributed by atoms with Crippen molar-refractivity contribution in [2.24, 2.45) is 0 Å². The van der Waals surface area contributed by atoms with Crippen LogP contribution >= 0.6 is 0 Å². The highest BCUT2D eigenvalue weighted by molar-refractivity contribution is 4.04. The predicted octanol–water partition coefficient (Wildman–Crippen LogP) is 0.512. The van der Waals surface area contributed by atoms with Gasteiger partial charge >= 0.3 is 0 Å². The summed E-state index contributed by atoms with van der Waals surface area (Å²) in [6.07, 6.45) is 0. The van der Waals surface area contributed by atoms with E-state index in [9.17, 15) is 5.21 Å². The first-order chi connectivity index (χ1) is 3.06. The zero-order valence-electron chi connectivity index (χ0n) is 4.97. The lowest BCUT2D eigenvalue weighted by atomic mass is 10.9.